The molecule has 0 bridgehead atoms. The fourth-order valence-corrected chi connectivity index (χ4v) is 3.00. The minimum Gasteiger partial charge on any atom is -0.493 e. The number of hydrogen-bond donors (Lipinski definition) is 2. The maximum atomic E-state index is 12.4. The average Bonchev–Trinajstić information content (AvgIpc) is 2.58. The average molecular weight is 343 g/mol. The molecule has 0 radical (unpaired) electrons. The molecule has 1 aliphatic rings. The molecular formula is C18H21N3O4. The summed E-state index contributed by atoms with van der Waals surface area (Å²) in [5.74, 6) is 1.47. The van der Waals surface area contributed by atoms with E-state index in [0.717, 1.165) is 12.0 Å². The molecule has 0 saturated carbocycles. The van der Waals surface area contributed by atoms with Crippen LogP contribution in [0.4, 0.5) is 5.82 Å². The van der Waals surface area contributed by atoms with Gasteiger partial charge in [-0.1, -0.05) is 13.0 Å². The number of carbonyl (C=O) groups is 1. The van der Waals surface area contributed by atoms with Crippen LogP contribution in [0.1, 0.15) is 42.6 Å². The van der Waals surface area contributed by atoms with Crippen molar-refractivity contribution in [3.8, 4) is 11.5 Å². The van der Waals surface area contributed by atoms with Gasteiger partial charge in [-0.15, -0.1) is 0 Å². The summed E-state index contributed by atoms with van der Waals surface area (Å²) in [5.41, 5.74) is 1.04. The number of fused-ring (bicyclic) bond motifs is 1. The minimum atomic E-state index is -0.380. The van der Waals surface area contributed by atoms with Crippen LogP contribution < -0.4 is 20.3 Å². The molecule has 2 heterocycles. The van der Waals surface area contributed by atoms with Crippen molar-refractivity contribution in [3.63, 3.8) is 0 Å². The Morgan fingerprint density at radius 2 is 2.08 bits per heavy atom. The first-order chi connectivity index (χ1) is 12.0. The third kappa shape index (κ3) is 3.35. The Labute approximate surface area is 145 Å². The first kappa shape index (κ1) is 17.0. The van der Waals surface area contributed by atoms with Crippen LogP contribution in [0, 0.1) is 6.92 Å². The molecule has 0 fully saturated rings. The largest absolute Gasteiger partial charge is 0.493 e. The SMILES string of the molecule is CCCOc1ccc([C@@H]2CC(=O)Nc3nc(C)[nH]c(=O)c32)cc1OC. The number of hydrogen-bond acceptors (Lipinski definition) is 5. The molecular weight excluding hydrogens is 322 g/mol. The summed E-state index contributed by atoms with van der Waals surface area (Å²) in [6.45, 7) is 4.30. The number of aromatic nitrogens is 2. The van der Waals surface area contributed by atoms with Crippen molar-refractivity contribution < 1.29 is 14.3 Å². The third-order valence-electron chi connectivity index (χ3n) is 4.12. The number of amides is 1. The van der Waals surface area contributed by atoms with Gasteiger partial charge in [0.25, 0.3) is 5.56 Å². The Balaban J connectivity index is 2.05. The van der Waals surface area contributed by atoms with E-state index in [1.54, 1.807) is 14.0 Å². The molecule has 0 aliphatic carbocycles. The third-order valence-corrected chi connectivity index (χ3v) is 4.12. The summed E-state index contributed by atoms with van der Waals surface area (Å²) < 4.78 is 11.1. The molecule has 1 aromatic heterocycles. The number of benzene rings is 1. The van der Waals surface area contributed by atoms with Gasteiger partial charge in [0.2, 0.25) is 5.91 Å². The summed E-state index contributed by atoms with van der Waals surface area (Å²) in [7, 11) is 1.57. The Kier molecular flexibility index (Phi) is 4.74. The molecule has 2 aromatic rings. The van der Waals surface area contributed by atoms with Gasteiger partial charge >= 0.3 is 0 Å². The van der Waals surface area contributed by atoms with Crippen molar-refractivity contribution in [2.45, 2.75) is 32.6 Å². The van der Waals surface area contributed by atoms with E-state index >= 15 is 0 Å². The van der Waals surface area contributed by atoms with Crippen LogP contribution in [0.2, 0.25) is 0 Å². The lowest BCUT2D eigenvalue weighted by atomic mass is 9.86. The first-order valence-electron chi connectivity index (χ1n) is 8.24. The van der Waals surface area contributed by atoms with E-state index in [2.05, 4.69) is 15.3 Å². The molecule has 0 saturated heterocycles. The van der Waals surface area contributed by atoms with Crippen molar-refractivity contribution in [1.29, 1.82) is 0 Å². The molecule has 1 aliphatic heterocycles. The second-order valence-electron chi connectivity index (χ2n) is 5.98. The number of anilines is 1. The summed E-state index contributed by atoms with van der Waals surface area (Å²) >= 11 is 0. The predicted molar refractivity (Wildman–Crippen MR) is 93.5 cm³/mol. The molecule has 7 heteroatoms. The zero-order chi connectivity index (χ0) is 18.0. The standard InChI is InChI=1S/C18H21N3O4/c1-4-7-25-13-6-5-11(8-14(13)24-3)12-9-15(22)21-17-16(12)18(23)20-10(2)19-17/h5-6,8,12H,4,7,9H2,1-3H3,(H2,19,20,21,22,23)/t12-/m0/s1. The Hall–Kier alpha value is -2.83. The molecule has 3 rings (SSSR count). The highest BCUT2D eigenvalue weighted by molar-refractivity contribution is 5.94. The molecule has 25 heavy (non-hydrogen) atoms. The Morgan fingerprint density at radius 3 is 2.80 bits per heavy atom. The molecule has 0 spiro atoms. The van der Waals surface area contributed by atoms with Crippen LogP contribution in [-0.2, 0) is 4.79 Å². The van der Waals surface area contributed by atoms with E-state index in [1.165, 1.54) is 0 Å². The van der Waals surface area contributed by atoms with Gasteiger partial charge < -0.3 is 19.8 Å². The van der Waals surface area contributed by atoms with Crippen LogP contribution >= 0.6 is 0 Å². The maximum absolute atomic E-state index is 12.4. The van der Waals surface area contributed by atoms with Crippen LogP contribution in [0.25, 0.3) is 0 Å². The molecule has 1 aromatic carbocycles. The molecule has 1 amide bonds. The highest BCUT2D eigenvalue weighted by Crippen LogP contribution is 2.37. The smallest absolute Gasteiger partial charge is 0.256 e. The van der Waals surface area contributed by atoms with E-state index in [0.29, 0.717) is 35.3 Å². The number of ether oxygens (including phenoxy) is 2. The van der Waals surface area contributed by atoms with Crippen LogP contribution in [0.15, 0.2) is 23.0 Å². The lowest BCUT2D eigenvalue weighted by molar-refractivity contribution is -0.116. The quantitative estimate of drug-likeness (QED) is 0.869. The lowest BCUT2D eigenvalue weighted by Crippen LogP contribution is -2.31. The summed E-state index contributed by atoms with van der Waals surface area (Å²) in [4.78, 5) is 31.5. The van der Waals surface area contributed by atoms with Gasteiger partial charge in [0.1, 0.15) is 11.6 Å². The van der Waals surface area contributed by atoms with E-state index in [9.17, 15) is 9.59 Å². The molecule has 7 nitrogen and oxygen atoms in total. The van der Waals surface area contributed by atoms with Crippen LogP contribution in [-0.4, -0.2) is 29.6 Å². The van der Waals surface area contributed by atoms with E-state index in [4.69, 9.17) is 9.47 Å². The number of rotatable bonds is 5. The summed E-state index contributed by atoms with van der Waals surface area (Å²) in [5, 5.41) is 2.68. The zero-order valence-electron chi connectivity index (χ0n) is 14.5. The fraction of sp³-hybridized carbons (Fsp3) is 0.389. The van der Waals surface area contributed by atoms with Crippen molar-refractivity contribution in [3.05, 3.63) is 45.5 Å². The van der Waals surface area contributed by atoms with Gasteiger partial charge in [0.05, 0.1) is 19.3 Å². The number of nitrogens with zero attached hydrogens (tertiary/aromatic N) is 1. The van der Waals surface area contributed by atoms with Gasteiger partial charge in [-0.05, 0) is 31.0 Å². The number of carbonyl (C=O) groups excluding carboxylic acids is 1. The van der Waals surface area contributed by atoms with Gasteiger partial charge in [0, 0.05) is 12.3 Å². The Bertz CT molecular complexity index is 860. The highest BCUT2D eigenvalue weighted by Gasteiger charge is 2.31. The summed E-state index contributed by atoms with van der Waals surface area (Å²) in [6.07, 6.45) is 1.07. The Morgan fingerprint density at radius 1 is 1.28 bits per heavy atom. The molecule has 1 atom stereocenters. The van der Waals surface area contributed by atoms with Crippen molar-refractivity contribution in [2.75, 3.05) is 19.0 Å². The van der Waals surface area contributed by atoms with Crippen LogP contribution in [0.5, 0.6) is 11.5 Å². The van der Waals surface area contributed by atoms with Gasteiger partial charge in [-0.25, -0.2) is 4.98 Å². The maximum Gasteiger partial charge on any atom is 0.256 e. The van der Waals surface area contributed by atoms with Gasteiger partial charge in [-0.3, -0.25) is 9.59 Å². The van der Waals surface area contributed by atoms with E-state index in [-0.39, 0.29) is 23.8 Å². The number of aromatic amines is 1. The normalized spacial score (nSPS) is 16.1. The van der Waals surface area contributed by atoms with Crippen molar-refractivity contribution in [1.82, 2.24) is 9.97 Å². The number of methoxy groups -OCH3 is 1. The van der Waals surface area contributed by atoms with Gasteiger partial charge in [0.15, 0.2) is 11.5 Å². The van der Waals surface area contributed by atoms with Crippen LogP contribution in [0.3, 0.4) is 0 Å². The van der Waals surface area contributed by atoms with Crippen molar-refractivity contribution >= 4 is 11.7 Å². The highest BCUT2D eigenvalue weighted by atomic mass is 16.5. The van der Waals surface area contributed by atoms with Gasteiger partial charge in [-0.2, -0.15) is 0 Å². The topological polar surface area (TPSA) is 93.3 Å². The number of aryl methyl sites for hydroxylation is 1. The molecule has 132 valence electrons. The number of nitrogens with one attached hydrogen (secondary N) is 2. The van der Waals surface area contributed by atoms with E-state index < -0.39 is 0 Å². The lowest BCUT2D eigenvalue weighted by Gasteiger charge is -2.25. The predicted octanol–water partition coefficient (Wildman–Crippen LogP) is 2.35. The second-order valence-corrected chi connectivity index (χ2v) is 5.98. The minimum absolute atomic E-state index is 0.166. The zero-order valence-corrected chi connectivity index (χ0v) is 14.5. The fourth-order valence-electron chi connectivity index (χ4n) is 3.00. The molecule has 2 N–H and O–H groups in total. The summed E-state index contributed by atoms with van der Waals surface area (Å²) in [6, 6.07) is 5.49. The second kappa shape index (κ2) is 6.96. The van der Waals surface area contributed by atoms with E-state index in [1.807, 2.05) is 25.1 Å². The van der Waals surface area contributed by atoms with Crippen molar-refractivity contribution in [2.24, 2.45) is 0 Å². The number of H-pyrrole nitrogens is 1. The molecule has 0 unspecified atom stereocenters. The monoisotopic (exact) mass is 343 g/mol. The first-order valence-corrected chi connectivity index (χ1v) is 8.24.